The first kappa shape index (κ1) is 24.2. The zero-order valence-electron chi connectivity index (χ0n) is 19.8. The quantitative estimate of drug-likeness (QED) is 0.582. The van der Waals surface area contributed by atoms with Crippen molar-refractivity contribution in [2.45, 2.75) is 46.1 Å². The van der Waals surface area contributed by atoms with Crippen LogP contribution in [-0.2, 0) is 11.3 Å². The van der Waals surface area contributed by atoms with E-state index in [0.717, 1.165) is 62.8 Å². The minimum atomic E-state index is 0.0981. The van der Waals surface area contributed by atoms with Crippen molar-refractivity contribution in [2.75, 3.05) is 39.3 Å². The molecule has 1 amide bonds. The van der Waals surface area contributed by atoms with E-state index in [4.69, 9.17) is 16.1 Å². The molecule has 1 N–H and O–H groups in total. The molecule has 1 aromatic heterocycles. The Hall–Kier alpha value is -1.96. The molecule has 2 fully saturated rings. The van der Waals surface area contributed by atoms with E-state index >= 15 is 0 Å². The van der Waals surface area contributed by atoms with Gasteiger partial charge in [0.25, 0.3) is 0 Å². The molecule has 2 atom stereocenters. The number of hydrogen-bond acceptors (Lipinski definition) is 6. The van der Waals surface area contributed by atoms with Crippen LogP contribution in [0.15, 0.2) is 28.8 Å². The molecule has 8 heteroatoms. The number of benzene rings is 1. The highest BCUT2D eigenvalue weighted by atomic mass is 35.5. The lowest BCUT2D eigenvalue weighted by atomic mass is 9.92. The highest BCUT2D eigenvalue weighted by Gasteiger charge is 2.26. The van der Waals surface area contributed by atoms with Gasteiger partial charge in [-0.3, -0.25) is 9.69 Å². The molecule has 0 radical (unpaired) electrons. The van der Waals surface area contributed by atoms with Crippen molar-refractivity contribution in [3.05, 3.63) is 35.2 Å². The summed E-state index contributed by atoms with van der Waals surface area (Å²) in [5.74, 6) is 3.01. The van der Waals surface area contributed by atoms with Crippen LogP contribution in [0.25, 0.3) is 11.4 Å². The van der Waals surface area contributed by atoms with Gasteiger partial charge in [-0.05, 0) is 69.3 Å². The molecular weight excluding hydrogens is 438 g/mol. The first-order valence-corrected chi connectivity index (χ1v) is 12.6. The molecule has 33 heavy (non-hydrogen) atoms. The monoisotopic (exact) mass is 473 g/mol. The molecule has 180 valence electrons. The summed E-state index contributed by atoms with van der Waals surface area (Å²) in [5, 5.41) is 7.90. The number of piperidine rings is 2. The van der Waals surface area contributed by atoms with Crippen LogP contribution in [0.4, 0.5) is 0 Å². The molecule has 2 aliphatic heterocycles. The fourth-order valence-corrected chi connectivity index (χ4v) is 5.43. The zero-order chi connectivity index (χ0) is 23.2. The van der Waals surface area contributed by atoms with Crippen LogP contribution >= 0.6 is 11.6 Å². The zero-order valence-corrected chi connectivity index (χ0v) is 20.6. The van der Waals surface area contributed by atoms with E-state index < -0.39 is 0 Å². The highest BCUT2D eigenvalue weighted by Crippen LogP contribution is 2.23. The highest BCUT2D eigenvalue weighted by molar-refractivity contribution is 6.30. The number of halogens is 1. The molecule has 0 spiro atoms. The largest absolute Gasteiger partial charge is 0.356 e. The van der Waals surface area contributed by atoms with Gasteiger partial charge in [-0.1, -0.05) is 42.7 Å². The Balaban J connectivity index is 1.14. The van der Waals surface area contributed by atoms with Crippen LogP contribution in [0.1, 0.15) is 45.4 Å². The van der Waals surface area contributed by atoms with E-state index in [1.54, 1.807) is 0 Å². The Morgan fingerprint density at radius 2 is 1.94 bits per heavy atom. The van der Waals surface area contributed by atoms with Gasteiger partial charge in [0.1, 0.15) is 0 Å². The second-order valence-corrected chi connectivity index (χ2v) is 10.4. The minimum Gasteiger partial charge on any atom is -0.356 e. The summed E-state index contributed by atoms with van der Waals surface area (Å²) in [4.78, 5) is 21.9. The molecular formula is C25H36ClN5O2. The van der Waals surface area contributed by atoms with Crippen LogP contribution in [0, 0.1) is 17.8 Å². The lowest BCUT2D eigenvalue weighted by Gasteiger charge is -2.35. The van der Waals surface area contributed by atoms with Crippen molar-refractivity contribution in [1.29, 1.82) is 0 Å². The first-order valence-electron chi connectivity index (χ1n) is 12.3. The number of carbonyl (C=O) groups excluding carboxylic acids is 1. The average molecular weight is 474 g/mol. The second kappa shape index (κ2) is 11.4. The summed E-state index contributed by atoms with van der Waals surface area (Å²) in [7, 11) is 0. The summed E-state index contributed by atoms with van der Waals surface area (Å²) >= 11 is 6.05. The van der Waals surface area contributed by atoms with Crippen molar-refractivity contribution in [3.8, 4) is 11.4 Å². The summed E-state index contributed by atoms with van der Waals surface area (Å²) in [5.41, 5.74) is 0.845. The lowest BCUT2D eigenvalue weighted by molar-refractivity contribution is -0.126. The lowest BCUT2D eigenvalue weighted by Crippen LogP contribution is -2.42. The topological polar surface area (TPSA) is 74.5 Å². The molecule has 3 heterocycles. The molecule has 0 saturated carbocycles. The Kier molecular flexibility index (Phi) is 8.39. The maximum atomic E-state index is 12.6. The standard InChI is InChI=1S/C25H36ClN5O2/c1-18-13-19(2)16-31(15-18)10-4-9-27-25(32)20-7-11-30(12-8-20)17-23-28-24(29-33-23)21-5-3-6-22(26)14-21/h3,5-6,14,18-20H,4,7-13,15-17H2,1-2H3,(H,27,32). The molecule has 2 aliphatic rings. The Morgan fingerprint density at radius 1 is 1.18 bits per heavy atom. The van der Waals surface area contributed by atoms with E-state index in [1.165, 1.54) is 19.5 Å². The SMILES string of the molecule is CC1CC(C)CN(CCCNC(=O)C2CCN(Cc3nc(-c4cccc(Cl)c4)no3)CC2)C1. The van der Waals surface area contributed by atoms with Crippen molar-refractivity contribution in [3.63, 3.8) is 0 Å². The fraction of sp³-hybridized carbons (Fsp3) is 0.640. The van der Waals surface area contributed by atoms with Crippen molar-refractivity contribution >= 4 is 17.5 Å². The van der Waals surface area contributed by atoms with E-state index in [-0.39, 0.29) is 11.8 Å². The van der Waals surface area contributed by atoms with Crippen molar-refractivity contribution in [2.24, 2.45) is 17.8 Å². The molecule has 2 saturated heterocycles. The number of likely N-dealkylation sites (tertiary alicyclic amines) is 2. The summed E-state index contributed by atoms with van der Waals surface area (Å²) in [6, 6.07) is 7.44. The summed E-state index contributed by atoms with van der Waals surface area (Å²) in [6.07, 6.45) is 4.09. The Labute approximate surface area is 201 Å². The van der Waals surface area contributed by atoms with E-state index in [2.05, 4.69) is 39.1 Å². The average Bonchev–Trinajstić information content (AvgIpc) is 3.25. The molecule has 1 aromatic carbocycles. The van der Waals surface area contributed by atoms with Gasteiger partial charge < -0.3 is 14.7 Å². The van der Waals surface area contributed by atoms with E-state index in [0.29, 0.717) is 23.3 Å². The van der Waals surface area contributed by atoms with Crippen LogP contribution in [-0.4, -0.2) is 65.1 Å². The third kappa shape index (κ3) is 7.01. The normalized spacial score (nSPS) is 23.0. The molecule has 2 aromatic rings. The summed E-state index contributed by atoms with van der Waals surface area (Å²) < 4.78 is 5.44. The Morgan fingerprint density at radius 3 is 2.67 bits per heavy atom. The number of rotatable bonds is 8. The minimum absolute atomic E-state index is 0.0981. The van der Waals surface area contributed by atoms with Crippen LogP contribution in [0.3, 0.4) is 0 Å². The molecule has 7 nitrogen and oxygen atoms in total. The number of nitrogens with one attached hydrogen (secondary N) is 1. The smallest absolute Gasteiger partial charge is 0.241 e. The number of hydrogen-bond donors (Lipinski definition) is 1. The molecule has 0 bridgehead atoms. The van der Waals surface area contributed by atoms with Gasteiger partial charge in [0.15, 0.2) is 0 Å². The second-order valence-electron chi connectivity index (χ2n) is 9.92. The van der Waals surface area contributed by atoms with Crippen LogP contribution in [0.2, 0.25) is 5.02 Å². The third-order valence-electron chi connectivity index (χ3n) is 6.76. The maximum Gasteiger partial charge on any atom is 0.241 e. The van der Waals surface area contributed by atoms with Gasteiger partial charge in [-0.25, -0.2) is 0 Å². The van der Waals surface area contributed by atoms with Gasteiger partial charge in [0, 0.05) is 36.1 Å². The number of carbonyl (C=O) groups is 1. The van der Waals surface area contributed by atoms with E-state index in [1.807, 2.05) is 24.3 Å². The van der Waals surface area contributed by atoms with Gasteiger partial charge in [0.2, 0.25) is 17.6 Å². The fourth-order valence-electron chi connectivity index (χ4n) is 5.24. The third-order valence-corrected chi connectivity index (χ3v) is 7.00. The van der Waals surface area contributed by atoms with Gasteiger partial charge in [-0.2, -0.15) is 4.98 Å². The van der Waals surface area contributed by atoms with Gasteiger partial charge >= 0.3 is 0 Å². The predicted octanol–water partition coefficient (Wildman–Crippen LogP) is 4.09. The van der Waals surface area contributed by atoms with E-state index in [9.17, 15) is 4.79 Å². The predicted molar refractivity (Wildman–Crippen MR) is 130 cm³/mol. The van der Waals surface area contributed by atoms with Crippen LogP contribution in [0.5, 0.6) is 0 Å². The van der Waals surface area contributed by atoms with Gasteiger partial charge in [0.05, 0.1) is 6.54 Å². The molecule has 0 aliphatic carbocycles. The number of nitrogens with zero attached hydrogens (tertiary/aromatic N) is 4. The summed E-state index contributed by atoms with van der Waals surface area (Å²) in [6.45, 7) is 11.2. The maximum absolute atomic E-state index is 12.6. The number of amides is 1. The Bertz CT molecular complexity index is 902. The van der Waals surface area contributed by atoms with Gasteiger partial charge in [-0.15, -0.1) is 0 Å². The number of aromatic nitrogens is 2. The first-order chi connectivity index (χ1) is 16.0. The van der Waals surface area contributed by atoms with Crippen molar-refractivity contribution < 1.29 is 9.32 Å². The van der Waals surface area contributed by atoms with Crippen molar-refractivity contribution in [1.82, 2.24) is 25.3 Å². The molecule has 4 rings (SSSR count). The molecule has 2 unspecified atom stereocenters. The van der Waals surface area contributed by atoms with Crippen LogP contribution < -0.4 is 5.32 Å².